The third-order valence-corrected chi connectivity index (χ3v) is 2.58. The van der Waals surface area contributed by atoms with E-state index in [4.69, 9.17) is 11.6 Å². The molecule has 1 saturated heterocycles. The molecule has 1 aliphatic heterocycles. The molecule has 0 aromatic carbocycles. The van der Waals surface area contributed by atoms with Crippen molar-refractivity contribution in [1.29, 1.82) is 0 Å². The third kappa shape index (κ3) is 2.13. The van der Waals surface area contributed by atoms with Crippen LogP contribution in [0.15, 0.2) is 12.4 Å². The maximum Gasteiger partial charge on any atom is 0.274 e. The van der Waals surface area contributed by atoms with Gasteiger partial charge in [-0.25, -0.2) is 9.97 Å². The zero-order valence-corrected chi connectivity index (χ0v) is 9.00. The van der Waals surface area contributed by atoms with Crippen molar-refractivity contribution < 1.29 is 15.0 Å². The number of β-amino-alcohol motifs (C(OH)–C–C–N with tert-alkyl or cyclic N) is 2. The largest absolute Gasteiger partial charge is 0.388 e. The molecular formula is C9H10ClN3O3. The summed E-state index contributed by atoms with van der Waals surface area (Å²) in [4.78, 5) is 20.7. The third-order valence-electron chi connectivity index (χ3n) is 2.39. The van der Waals surface area contributed by atoms with Crippen molar-refractivity contribution in [3.63, 3.8) is 0 Å². The van der Waals surface area contributed by atoms with Gasteiger partial charge in [0.15, 0.2) is 0 Å². The number of aliphatic hydroxyl groups excluding tert-OH is 2. The minimum Gasteiger partial charge on any atom is -0.388 e. The number of carbonyl (C=O) groups is 1. The average molecular weight is 244 g/mol. The lowest BCUT2D eigenvalue weighted by atomic mass is 10.3. The summed E-state index contributed by atoms with van der Waals surface area (Å²) in [7, 11) is 0. The summed E-state index contributed by atoms with van der Waals surface area (Å²) in [6.45, 7) is 0.203. The van der Waals surface area contributed by atoms with E-state index in [0.717, 1.165) is 0 Å². The number of aliphatic hydroxyl groups is 2. The van der Waals surface area contributed by atoms with Crippen LogP contribution in [0.4, 0.5) is 0 Å². The molecule has 0 bridgehead atoms. The maximum absolute atomic E-state index is 11.8. The molecule has 1 fully saturated rings. The fourth-order valence-corrected chi connectivity index (χ4v) is 1.62. The molecule has 0 spiro atoms. The zero-order chi connectivity index (χ0) is 11.7. The molecule has 16 heavy (non-hydrogen) atoms. The van der Waals surface area contributed by atoms with Crippen molar-refractivity contribution in [2.45, 2.75) is 12.2 Å². The summed E-state index contributed by atoms with van der Waals surface area (Å²) in [5.74, 6) is -0.375. The van der Waals surface area contributed by atoms with Gasteiger partial charge in [-0.05, 0) is 0 Å². The molecule has 2 N–H and O–H groups in total. The number of aromatic nitrogens is 2. The summed E-state index contributed by atoms with van der Waals surface area (Å²) in [6.07, 6.45) is 0.743. The molecule has 7 heteroatoms. The Morgan fingerprint density at radius 2 is 1.94 bits per heavy atom. The van der Waals surface area contributed by atoms with Gasteiger partial charge >= 0.3 is 0 Å². The van der Waals surface area contributed by atoms with Gasteiger partial charge in [-0.15, -0.1) is 0 Å². The molecule has 6 nitrogen and oxygen atoms in total. The highest BCUT2D eigenvalue weighted by molar-refractivity contribution is 6.29. The van der Waals surface area contributed by atoms with Crippen LogP contribution in [0.25, 0.3) is 0 Å². The number of nitrogens with zero attached hydrogens (tertiary/aromatic N) is 3. The molecule has 2 unspecified atom stereocenters. The van der Waals surface area contributed by atoms with Gasteiger partial charge in [-0.1, -0.05) is 11.6 Å². The Kier molecular flexibility index (Phi) is 3.04. The number of hydrogen-bond donors (Lipinski definition) is 2. The van der Waals surface area contributed by atoms with Crippen LogP contribution >= 0.6 is 11.6 Å². The van der Waals surface area contributed by atoms with Crippen LogP contribution in [0, 0.1) is 0 Å². The van der Waals surface area contributed by atoms with Crippen LogP contribution in [-0.4, -0.2) is 56.3 Å². The molecule has 1 aliphatic rings. The summed E-state index contributed by atoms with van der Waals surface area (Å²) in [6, 6.07) is 0. The van der Waals surface area contributed by atoms with Crippen LogP contribution in [0.5, 0.6) is 0 Å². The highest BCUT2D eigenvalue weighted by atomic mass is 35.5. The van der Waals surface area contributed by atoms with Gasteiger partial charge < -0.3 is 15.1 Å². The van der Waals surface area contributed by atoms with Gasteiger partial charge in [0.05, 0.1) is 24.6 Å². The van der Waals surface area contributed by atoms with E-state index in [0.29, 0.717) is 0 Å². The van der Waals surface area contributed by atoms with Crippen molar-refractivity contribution in [3.05, 3.63) is 23.2 Å². The highest BCUT2D eigenvalue weighted by Crippen LogP contribution is 2.13. The average Bonchev–Trinajstić information content (AvgIpc) is 2.59. The first-order valence-electron chi connectivity index (χ1n) is 4.71. The summed E-state index contributed by atoms with van der Waals surface area (Å²) >= 11 is 5.54. The smallest absolute Gasteiger partial charge is 0.274 e. The Labute approximate surface area is 96.5 Å². The van der Waals surface area contributed by atoms with E-state index in [1.807, 2.05) is 0 Å². The summed E-state index contributed by atoms with van der Waals surface area (Å²) in [5, 5.41) is 18.8. The Balaban J connectivity index is 2.11. The van der Waals surface area contributed by atoms with Crippen LogP contribution in [-0.2, 0) is 0 Å². The van der Waals surface area contributed by atoms with E-state index in [1.165, 1.54) is 17.3 Å². The molecule has 86 valence electrons. The van der Waals surface area contributed by atoms with Crippen LogP contribution in [0.3, 0.4) is 0 Å². The van der Waals surface area contributed by atoms with E-state index in [1.54, 1.807) is 0 Å². The van der Waals surface area contributed by atoms with Crippen molar-refractivity contribution in [2.24, 2.45) is 0 Å². The molecule has 1 aromatic heterocycles. The fourth-order valence-electron chi connectivity index (χ4n) is 1.52. The number of rotatable bonds is 1. The molecule has 1 aromatic rings. The number of hydrogen-bond acceptors (Lipinski definition) is 5. The van der Waals surface area contributed by atoms with Gasteiger partial charge in [0, 0.05) is 13.1 Å². The van der Waals surface area contributed by atoms with E-state index in [9.17, 15) is 15.0 Å². The van der Waals surface area contributed by atoms with Gasteiger partial charge in [0.25, 0.3) is 5.91 Å². The lowest BCUT2D eigenvalue weighted by Gasteiger charge is -2.13. The second-order valence-corrected chi connectivity index (χ2v) is 3.96. The Morgan fingerprint density at radius 3 is 2.44 bits per heavy atom. The molecule has 0 radical (unpaired) electrons. The van der Waals surface area contributed by atoms with Crippen molar-refractivity contribution >= 4 is 17.5 Å². The minimum absolute atomic E-state index is 0.101. The van der Waals surface area contributed by atoms with Crippen molar-refractivity contribution in [3.8, 4) is 0 Å². The molecule has 0 saturated carbocycles. The van der Waals surface area contributed by atoms with Gasteiger partial charge in [0.2, 0.25) is 0 Å². The maximum atomic E-state index is 11.8. The quantitative estimate of drug-likeness (QED) is 0.682. The van der Waals surface area contributed by atoms with Gasteiger partial charge in [0.1, 0.15) is 10.8 Å². The summed E-state index contributed by atoms with van der Waals surface area (Å²) < 4.78 is 0. The standard InChI is InChI=1S/C9H10ClN3O3/c10-8-2-11-5(1-12-8)9(16)13-3-6(14)7(15)4-13/h1-2,6-7,14-15H,3-4H2. The first kappa shape index (κ1) is 11.3. The Hall–Kier alpha value is -1.24. The first-order chi connectivity index (χ1) is 7.58. The molecular weight excluding hydrogens is 234 g/mol. The van der Waals surface area contributed by atoms with Crippen LogP contribution in [0.2, 0.25) is 5.15 Å². The van der Waals surface area contributed by atoms with Crippen molar-refractivity contribution in [1.82, 2.24) is 14.9 Å². The number of likely N-dealkylation sites (tertiary alicyclic amines) is 1. The Morgan fingerprint density at radius 1 is 1.31 bits per heavy atom. The first-order valence-corrected chi connectivity index (χ1v) is 5.08. The Bertz CT molecular complexity index is 387. The van der Waals surface area contributed by atoms with Crippen LogP contribution in [0.1, 0.15) is 10.5 Å². The van der Waals surface area contributed by atoms with Crippen LogP contribution < -0.4 is 0 Å². The monoisotopic (exact) mass is 243 g/mol. The molecule has 0 aliphatic carbocycles. The van der Waals surface area contributed by atoms with Gasteiger partial charge in [-0.2, -0.15) is 0 Å². The number of amides is 1. The predicted molar refractivity (Wildman–Crippen MR) is 55.0 cm³/mol. The normalized spacial score (nSPS) is 24.8. The molecule has 2 atom stereocenters. The van der Waals surface area contributed by atoms with E-state index < -0.39 is 12.2 Å². The lowest BCUT2D eigenvalue weighted by Crippen LogP contribution is -2.30. The van der Waals surface area contributed by atoms with E-state index in [-0.39, 0.29) is 29.8 Å². The molecule has 1 amide bonds. The molecule has 2 rings (SSSR count). The lowest BCUT2D eigenvalue weighted by molar-refractivity contribution is 0.0572. The van der Waals surface area contributed by atoms with Gasteiger partial charge in [-0.3, -0.25) is 4.79 Å². The van der Waals surface area contributed by atoms with E-state index >= 15 is 0 Å². The molecule has 2 heterocycles. The SMILES string of the molecule is O=C(c1cnc(Cl)cn1)N1CC(O)C(O)C1. The number of carbonyl (C=O) groups excluding carboxylic acids is 1. The summed E-state index contributed by atoms with van der Waals surface area (Å²) in [5.41, 5.74) is 0.144. The van der Waals surface area contributed by atoms with Crippen molar-refractivity contribution in [2.75, 3.05) is 13.1 Å². The minimum atomic E-state index is -0.899. The second-order valence-electron chi connectivity index (χ2n) is 3.57. The highest BCUT2D eigenvalue weighted by Gasteiger charge is 2.33. The zero-order valence-electron chi connectivity index (χ0n) is 8.25. The fraction of sp³-hybridized carbons (Fsp3) is 0.444. The second kappa shape index (κ2) is 4.32. The predicted octanol–water partition coefficient (Wildman–Crippen LogP) is -0.692. The number of halogens is 1. The topological polar surface area (TPSA) is 86.6 Å². The van der Waals surface area contributed by atoms with E-state index in [2.05, 4.69) is 9.97 Å².